The van der Waals surface area contributed by atoms with Crippen molar-refractivity contribution in [3.63, 3.8) is 0 Å². The maximum absolute atomic E-state index is 12.6. The Hall–Kier alpha value is -0.910. The van der Waals surface area contributed by atoms with Crippen LogP contribution < -0.4 is 5.32 Å². The van der Waals surface area contributed by atoms with Crippen LogP contribution in [0.4, 0.5) is 0 Å². The third kappa shape index (κ3) is 3.35. The average molecular weight is 282 g/mol. The maximum Gasteiger partial charge on any atom is 0.243 e. The molecule has 1 aromatic rings. The molecule has 2 rings (SSSR count). The topological polar surface area (TPSA) is 49.4 Å². The molecule has 1 fully saturated rings. The van der Waals surface area contributed by atoms with Gasteiger partial charge in [-0.15, -0.1) is 0 Å². The molecular formula is C14H22N2O2S. The van der Waals surface area contributed by atoms with Crippen molar-refractivity contribution in [3.8, 4) is 0 Å². The van der Waals surface area contributed by atoms with Crippen LogP contribution in [0.15, 0.2) is 23.1 Å². The Morgan fingerprint density at radius 3 is 2.63 bits per heavy atom. The van der Waals surface area contributed by atoms with E-state index in [1.54, 1.807) is 13.1 Å². The average Bonchev–Trinajstić information content (AvgIpc) is 3.15. The van der Waals surface area contributed by atoms with E-state index in [0.29, 0.717) is 23.9 Å². The number of benzene rings is 1. The minimum Gasteiger partial charge on any atom is -0.316 e. The molecular weight excluding hydrogens is 260 g/mol. The molecule has 0 amide bonds. The lowest BCUT2D eigenvalue weighted by Crippen LogP contribution is -2.29. The van der Waals surface area contributed by atoms with Crippen LogP contribution in [0.1, 0.15) is 24.0 Å². The predicted octanol–water partition coefficient (Wildman–Crippen LogP) is 1.74. The van der Waals surface area contributed by atoms with Gasteiger partial charge in [-0.3, -0.25) is 0 Å². The van der Waals surface area contributed by atoms with Crippen molar-refractivity contribution >= 4 is 10.0 Å². The summed E-state index contributed by atoms with van der Waals surface area (Å²) in [5.74, 6) is 0.556. The van der Waals surface area contributed by atoms with E-state index >= 15 is 0 Å². The molecule has 1 N–H and O–H groups in total. The smallest absolute Gasteiger partial charge is 0.243 e. The molecule has 4 nitrogen and oxygen atoms in total. The number of hydrogen-bond donors (Lipinski definition) is 1. The van der Waals surface area contributed by atoms with Crippen LogP contribution in [-0.4, -0.2) is 33.4 Å². The fourth-order valence-electron chi connectivity index (χ4n) is 2.17. The van der Waals surface area contributed by atoms with Crippen LogP contribution >= 0.6 is 0 Å². The summed E-state index contributed by atoms with van der Waals surface area (Å²) in [5, 5.41) is 3.05. The largest absolute Gasteiger partial charge is 0.316 e. The second kappa shape index (κ2) is 5.61. The third-order valence-corrected chi connectivity index (χ3v) is 5.50. The molecule has 1 aromatic carbocycles. The second-order valence-corrected chi connectivity index (χ2v) is 7.37. The molecule has 0 heterocycles. The zero-order valence-corrected chi connectivity index (χ0v) is 12.6. The zero-order chi connectivity index (χ0) is 14.0. The van der Waals surface area contributed by atoms with Gasteiger partial charge in [0.25, 0.3) is 0 Å². The van der Waals surface area contributed by atoms with Gasteiger partial charge in [-0.05, 0) is 49.9 Å². The van der Waals surface area contributed by atoms with E-state index in [9.17, 15) is 8.42 Å². The van der Waals surface area contributed by atoms with E-state index in [0.717, 1.165) is 24.0 Å². The molecule has 0 saturated heterocycles. The van der Waals surface area contributed by atoms with Gasteiger partial charge in [0, 0.05) is 20.1 Å². The Kier molecular flexibility index (Phi) is 4.28. The molecule has 5 heteroatoms. The highest BCUT2D eigenvalue weighted by Crippen LogP contribution is 2.31. The van der Waals surface area contributed by atoms with Crippen LogP contribution in [0, 0.1) is 12.8 Å². The number of nitrogens with one attached hydrogen (secondary N) is 1. The number of hydrogen-bond acceptors (Lipinski definition) is 3. The van der Waals surface area contributed by atoms with Gasteiger partial charge < -0.3 is 5.32 Å². The number of aryl methyl sites for hydroxylation is 1. The molecule has 0 unspecified atom stereocenters. The van der Waals surface area contributed by atoms with Gasteiger partial charge >= 0.3 is 0 Å². The van der Waals surface area contributed by atoms with Gasteiger partial charge in [0.05, 0.1) is 4.90 Å². The Bertz CT molecular complexity index is 551. The summed E-state index contributed by atoms with van der Waals surface area (Å²) in [4.78, 5) is 0.434. The summed E-state index contributed by atoms with van der Waals surface area (Å²) in [5.41, 5.74) is 1.80. The first-order valence-corrected chi connectivity index (χ1v) is 8.09. The van der Waals surface area contributed by atoms with Gasteiger partial charge in [-0.25, -0.2) is 12.7 Å². The van der Waals surface area contributed by atoms with Crippen molar-refractivity contribution in [2.75, 3.05) is 20.6 Å². The van der Waals surface area contributed by atoms with Gasteiger partial charge in [0.15, 0.2) is 0 Å². The van der Waals surface area contributed by atoms with E-state index in [1.165, 1.54) is 4.31 Å². The predicted molar refractivity (Wildman–Crippen MR) is 76.5 cm³/mol. The molecule has 19 heavy (non-hydrogen) atoms. The molecule has 0 bridgehead atoms. The SMILES string of the molecule is CNCc1ccc(C)c(S(=O)(=O)N(C)CC2CC2)c1. The van der Waals surface area contributed by atoms with E-state index in [1.807, 2.05) is 26.1 Å². The highest BCUT2D eigenvalue weighted by molar-refractivity contribution is 7.89. The number of rotatable bonds is 6. The molecule has 106 valence electrons. The van der Waals surface area contributed by atoms with Crippen molar-refractivity contribution in [3.05, 3.63) is 29.3 Å². The van der Waals surface area contributed by atoms with Crippen molar-refractivity contribution in [2.45, 2.75) is 31.2 Å². The fourth-order valence-corrected chi connectivity index (χ4v) is 3.68. The van der Waals surface area contributed by atoms with Crippen LogP contribution in [0.2, 0.25) is 0 Å². The van der Waals surface area contributed by atoms with Crippen LogP contribution in [0.25, 0.3) is 0 Å². The summed E-state index contributed by atoms with van der Waals surface area (Å²) in [6.07, 6.45) is 2.30. The number of sulfonamides is 1. The third-order valence-electron chi connectivity index (χ3n) is 3.53. The zero-order valence-electron chi connectivity index (χ0n) is 11.8. The lowest BCUT2D eigenvalue weighted by molar-refractivity contribution is 0.452. The standard InChI is InChI=1S/C14H22N2O2S/c1-11-4-5-13(9-15-2)8-14(11)19(17,18)16(3)10-12-6-7-12/h4-5,8,12,15H,6-7,9-10H2,1-3H3. The molecule has 0 atom stereocenters. The van der Waals surface area contributed by atoms with Crippen LogP contribution in [-0.2, 0) is 16.6 Å². The van der Waals surface area contributed by atoms with Crippen molar-refractivity contribution < 1.29 is 8.42 Å². The fraction of sp³-hybridized carbons (Fsp3) is 0.571. The van der Waals surface area contributed by atoms with E-state index < -0.39 is 10.0 Å². The maximum atomic E-state index is 12.6. The quantitative estimate of drug-likeness (QED) is 0.864. The monoisotopic (exact) mass is 282 g/mol. The highest BCUT2D eigenvalue weighted by atomic mass is 32.2. The molecule has 0 aromatic heterocycles. The first-order valence-electron chi connectivity index (χ1n) is 6.65. The van der Waals surface area contributed by atoms with Crippen molar-refractivity contribution in [1.82, 2.24) is 9.62 Å². The molecule has 0 radical (unpaired) electrons. The second-order valence-electron chi connectivity index (χ2n) is 5.36. The van der Waals surface area contributed by atoms with E-state index in [2.05, 4.69) is 5.32 Å². The minimum absolute atomic E-state index is 0.434. The van der Waals surface area contributed by atoms with E-state index in [4.69, 9.17) is 0 Å². The summed E-state index contributed by atoms with van der Waals surface area (Å²) < 4.78 is 26.7. The molecule has 0 spiro atoms. The van der Waals surface area contributed by atoms with Gasteiger partial charge in [-0.1, -0.05) is 12.1 Å². The lowest BCUT2D eigenvalue weighted by Gasteiger charge is -2.19. The van der Waals surface area contributed by atoms with Crippen LogP contribution in [0.3, 0.4) is 0 Å². The summed E-state index contributed by atoms with van der Waals surface area (Å²) in [7, 11) is 0.173. The number of nitrogens with zero attached hydrogens (tertiary/aromatic N) is 1. The Balaban J connectivity index is 2.29. The first kappa shape index (κ1) is 14.5. The highest BCUT2D eigenvalue weighted by Gasteiger charge is 2.29. The van der Waals surface area contributed by atoms with Crippen molar-refractivity contribution in [2.24, 2.45) is 5.92 Å². The van der Waals surface area contributed by atoms with Gasteiger partial charge in [0.2, 0.25) is 10.0 Å². The summed E-state index contributed by atoms with van der Waals surface area (Å²) in [6, 6.07) is 5.63. The Morgan fingerprint density at radius 2 is 2.05 bits per heavy atom. The molecule has 1 saturated carbocycles. The Labute approximate surface area is 115 Å². The minimum atomic E-state index is -3.36. The van der Waals surface area contributed by atoms with E-state index in [-0.39, 0.29) is 0 Å². The van der Waals surface area contributed by atoms with Crippen LogP contribution in [0.5, 0.6) is 0 Å². The van der Waals surface area contributed by atoms with Crippen molar-refractivity contribution in [1.29, 1.82) is 0 Å². The van der Waals surface area contributed by atoms with Gasteiger partial charge in [0.1, 0.15) is 0 Å². The summed E-state index contributed by atoms with van der Waals surface area (Å²) in [6.45, 7) is 3.16. The molecule has 1 aliphatic carbocycles. The lowest BCUT2D eigenvalue weighted by atomic mass is 10.1. The normalized spacial score (nSPS) is 16.0. The Morgan fingerprint density at radius 1 is 1.37 bits per heavy atom. The van der Waals surface area contributed by atoms with Gasteiger partial charge in [-0.2, -0.15) is 0 Å². The molecule has 1 aliphatic rings. The summed E-state index contributed by atoms with van der Waals surface area (Å²) >= 11 is 0. The molecule has 0 aliphatic heterocycles. The first-order chi connectivity index (χ1) is 8.95.